The average Bonchev–Trinajstić information content (AvgIpc) is 3.36. The van der Waals surface area contributed by atoms with Gasteiger partial charge in [0.1, 0.15) is 0 Å². The van der Waals surface area contributed by atoms with Crippen molar-refractivity contribution in [3.8, 4) is 0 Å². The molecule has 0 bridgehead atoms. The van der Waals surface area contributed by atoms with E-state index in [1.54, 1.807) is 0 Å². The molecule has 0 spiro atoms. The van der Waals surface area contributed by atoms with E-state index in [-0.39, 0.29) is 12.1 Å². The van der Waals surface area contributed by atoms with E-state index < -0.39 is 0 Å². The number of aryl methyl sites for hydroxylation is 1. The van der Waals surface area contributed by atoms with Gasteiger partial charge in [-0.3, -0.25) is 9.97 Å². The molecule has 0 saturated carbocycles. The van der Waals surface area contributed by atoms with Crippen LogP contribution in [0.3, 0.4) is 0 Å². The predicted octanol–water partition coefficient (Wildman–Crippen LogP) is 5.19. The molecule has 1 aliphatic heterocycles. The number of hydrogen-bond acceptors (Lipinski definition) is 4. The molecule has 1 N–H and O–H groups in total. The standard InChI is InChI=1S/C28H30N6S/c1-19-17-24(20(2)33(19)18-21-12-15-29-16-13-21)27-26(25-7-5-6-14-30-25)31-28(35)34(27)23-10-8-22(9-11-23)32(3)4/h5-17,26-27H,18H2,1-4H3,(H,31,35)/t26-,27+/m0/s1. The van der Waals surface area contributed by atoms with Crippen molar-refractivity contribution >= 4 is 28.7 Å². The molecule has 4 aromatic rings. The maximum Gasteiger partial charge on any atom is 0.174 e. The lowest BCUT2D eigenvalue weighted by molar-refractivity contribution is 0.563. The lowest BCUT2D eigenvalue weighted by atomic mass is 9.96. The molecule has 1 aromatic carbocycles. The number of nitrogens with zero attached hydrogens (tertiary/aromatic N) is 5. The zero-order valence-electron chi connectivity index (χ0n) is 20.5. The van der Waals surface area contributed by atoms with Gasteiger partial charge in [0.05, 0.1) is 17.8 Å². The van der Waals surface area contributed by atoms with Gasteiger partial charge in [0.25, 0.3) is 0 Å². The summed E-state index contributed by atoms with van der Waals surface area (Å²) in [7, 11) is 4.10. The van der Waals surface area contributed by atoms with Crippen LogP contribution in [0.2, 0.25) is 0 Å². The van der Waals surface area contributed by atoms with E-state index >= 15 is 0 Å². The molecule has 1 fully saturated rings. The molecular weight excluding hydrogens is 452 g/mol. The van der Waals surface area contributed by atoms with Crippen LogP contribution in [-0.2, 0) is 6.54 Å². The second kappa shape index (κ2) is 9.50. The van der Waals surface area contributed by atoms with E-state index in [9.17, 15) is 0 Å². The van der Waals surface area contributed by atoms with Crippen molar-refractivity contribution in [1.82, 2.24) is 19.9 Å². The molecule has 2 atom stereocenters. The number of nitrogens with one attached hydrogen (secondary N) is 1. The van der Waals surface area contributed by atoms with E-state index in [0.717, 1.165) is 23.6 Å². The Morgan fingerprint density at radius 1 is 0.971 bits per heavy atom. The van der Waals surface area contributed by atoms with Crippen LogP contribution in [0.4, 0.5) is 11.4 Å². The zero-order chi connectivity index (χ0) is 24.5. The molecule has 0 aliphatic carbocycles. The van der Waals surface area contributed by atoms with Gasteiger partial charge in [0, 0.05) is 62.0 Å². The summed E-state index contributed by atoms with van der Waals surface area (Å²) in [4.78, 5) is 13.2. The Hall–Kier alpha value is -3.71. The fourth-order valence-electron chi connectivity index (χ4n) is 4.90. The molecule has 35 heavy (non-hydrogen) atoms. The minimum atomic E-state index is -0.0629. The van der Waals surface area contributed by atoms with E-state index in [1.807, 2.05) is 30.7 Å². The van der Waals surface area contributed by atoms with Gasteiger partial charge in [-0.25, -0.2) is 0 Å². The van der Waals surface area contributed by atoms with Crippen molar-refractivity contribution in [1.29, 1.82) is 0 Å². The molecule has 1 saturated heterocycles. The molecule has 5 rings (SSSR count). The Morgan fingerprint density at radius 2 is 1.71 bits per heavy atom. The van der Waals surface area contributed by atoms with E-state index in [2.05, 4.69) is 101 Å². The fourth-order valence-corrected chi connectivity index (χ4v) is 5.25. The molecule has 178 valence electrons. The Morgan fingerprint density at radius 3 is 2.37 bits per heavy atom. The van der Waals surface area contributed by atoms with Crippen LogP contribution in [0.25, 0.3) is 0 Å². The summed E-state index contributed by atoms with van der Waals surface area (Å²) < 4.78 is 2.37. The van der Waals surface area contributed by atoms with Crippen LogP contribution in [0, 0.1) is 13.8 Å². The molecule has 6 nitrogen and oxygen atoms in total. The molecule has 0 unspecified atom stereocenters. The Balaban J connectivity index is 1.60. The summed E-state index contributed by atoms with van der Waals surface area (Å²) in [5.74, 6) is 0. The van der Waals surface area contributed by atoms with Gasteiger partial charge < -0.3 is 19.7 Å². The second-order valence-corrected chi connectivity index (χ2v) is 9.56. The first-order valence-electron chi connectivity index (χ1n) is 11.8. The first kappa shape index (κ1) is 23.1. The summed E-state index contributed by atoms with van der Waals surface area (Å²) in [5.41, 5.74) is 8.12. The first-order valence-corrected chi connectivity index (χ1v) is 12.2. The number of anilines is 2. The smallest absolute Gasteiger partial charge is 0.174 e. The van der Waals surface area contributed by atoms with E-state index in [4.69, 9.17) is 17.2 Å². The van der Waals surface area contributed by atoms with Crippen LogP contribution in [0.1, 0.15) is 40.3 Å². The largest absolute Gasteiger partial charge is 0.378 e. The van der Waals surface area contributed by atoms with Crippen molar-refractivity contribution in [3.63, 3.8) is 0 Å². The van der Waals surface area contributed by atoms with E-state index in [0.29, 0.717) is 5.11 Å². The first-order chi connectivity index (χ1) is 16.9. The third-order valence-corrected chi connectivity index (χ3v) is 7.08. The maximum absolute atomic E-state index is 5.91. The van der Waals surface area contributed by atoms with Gasteiger partial charge >= 0.3 is 0 Å². The Labute approximate surface area is 212 Å². The van der Waals surface area contributed by atoms with Crippen LogP contribution in [0.5, 0.6) is 0 Å². The number of thiocarbonyl (C=S) groups is 1. The van der Waals surface area contributed by atoms with Gasteiger partial charge in [-0.05, 0) is 91.8 Å². The summed E-state index contributed by atoms with van der Waals surface area (Å²) in [5, 5.41) is 4.29. The summed E-state index contributed by atoms with van der Waals surface area (Å²) in [6.45, 7) is 5.18. The zero-order valence-corrected chi connectivity index (χ0v) is 21.3. The number of benzene rings is 1. The topological polar surface area (TPSA) is 49.2 Å². The summed E-state index contributed by atoms with van der Waals surface area (Å²) in [6.07, 6.45) is 5.54. The van der Waals surface area contributed by atoms with Crippen LogP contribution >= 0.6 is 12.2 Å². The highest BCUT2D eigenvalue weighted by Gasteiger charge is 2.42. The third-order valence-electron chi connectivity index (χ3n) is 6.76. The molecule has 0 amide bonds. The minimum absolute atomic E-state index is 0.0278. The van der Waals surface area contributed by atoms with Crippen LogP contribution in [0.15, 0.2) is 79.3 Å². The maximum atomic E-state index is 5.91. The number of rotatable bonds is 6. The minimum Gasteiger partial charge on any atom is -0.378 e. The Bertz CT molecular complexity index is 1320. The van der Waals surface area contributed by atoms with Gasteiger partial charge in [0.15, 0.2) is 5.11 Å². The number of hydrogen-bond donors (Lipinski definition) is 1. The highest BCUT2D eigenvalue weighted by molar-refractivity contribution is 7.80. The van der Waals surface area contributed by atoms with Gasteiger partial charge in [0.2, 0.25) is 0 Å². The Kier molecular flexibility index (Phi) is 6.26. The van der Waals surface area contributed by atoms with Crippen molar-refractivity contribution in [2.45, 2.75) is 32.5 Å². The van der Waals surface area contributed by atoms with Gasteiger partial charge in [-0.1, -0.05) is 6.07 Å². The summed E-state index contributed by atoms with van der Waals surface area (Å²) in [6, 6.07) is 21.0. The highest BCUT2D eigenvalue weighted by atomic mass is 32.1. The average molecular weight is 483 g/mol. The van der Waals surface area contributed by atoms with Crippen LogP contribution < -0.4 is 15.1 Å². The third kappa shape index (κ3) is 4.39. The predicted molar refractivity (Wildman–Crippen MR) is 146 cm³/mol. The monoisotopic (exact) mass is 482 g/mol. The normalized spacial score (nSPS) is 17.5. The second-order valence-electron chi connectivity index (χ2n) is 9.18. The SMILES string of the molecule is Cc1cc([C@@H]2[C@H](c3ccccn3)NC(=S)N2c2ccc(N(C)C)cc2)c(C)n1Cc1ccncc1. The molecule has 4 heterocycles. The molecule has 7 heteroatoms. The van der Waals surface area contributed by atoms with Gasteiger partial charge in [-0.2, -0.15) is 0 Å². The number of pyridine rings is 2. The quantitative estimate of drug-likeness (QED) is 0.382. The lowest BCUT2D eigenvalue weighted by Crippen LogP contribution is -2.29. The molecular formula is C28H30N6S. The fraction of sp³-hybridized carbons (Fsp3) is 0.250. The highest BCUT2D eigenvalue weighted by Crippen LogP contribution is 2.43. The van der Waals surface area contributed by atoms with Crippen molar-refractivity contribution in [2.24, 2.45) is 0 Å². The molecule has 3 aromatic heterocycles. The lowest BCUT2D eigenvalue weighted by Gasteiger charge is -2.28. The van der Waals surface area contributed by atoms with Crippen LogP contribution in [-0.4, -0.2) is 33.7 Å². The van der Waals surface area contributed by atoms with Crippen molar-refractivity contribution in [3.05, 3.63) is 107 Å². The van der Waals surface area contributed by atoms with Crippen molar-refractivity contribution < 1.29 is 0 Å². The van der Waals surface area contributed by atoms with E-state index in [1.165, 1.54) is 22.5 Å². The van der Waals surface area contributed by atoms with Gasteiger partial charge in [-0.15, -0.1) is 0 Å². The molecule has 1 aliphatic rings. The summed E-state index contributed by atoms with van der Waals surface area (Å²) >= 11 is 5.91. The number of aromatic nitrogens is 3. The molecule has 0 radical (unpaired) electrons. The van der Waals surface area contributed by atoms with Crippen molar-refractivity contribution in [2.75, 3.05) is 23.9 Å².